The van der Waals surface area contributed by atoms with Crippen LogP contribution >= 0.6 is 0 Å². The zero-order valence-electron chi connectivity index (χ0n) is 21.4. The van der Waals surface area contributed by atoms with E-state index in [0.717, 1.165) is 40.7 Å². The minimum Gasteiger partial charge on any atom is -0.348 e. The number of rotatable bonds is 9. The first-order chi connectivity index (χ1) is 16.8. The van der Waals surface area contributed by atoms with E-state index in [1.54, 1.807) is 0 Å². The van der Waals surface area contributed by atoms with E-state index in [1.807, 2.05) is 30.5 Å². The predicted octanol–water partition coefficient (Wildman–Crippen LogP) is 5.14. The third-order valence-electron chi connectivity index (χ3n) is 7.22. The van der Waals surface area contributed by atoms with Crippen LogP contribution in [-0.4, -0.2) is 47.1 Å². The lowest BCUT2D eigenvalue weighted by atomic mass is 9.83. The average Bonchev–Trinajstić information content (AvgIpc) is 3.28. The summed E-state index contributed by atoms with van der Waals surface area (Å²) in [6.45, 7) is 8.37. The molecule has 0 spiro atoms. The van der Waals surface area contributed by atoms with E-state index >= 15 is 0 Å². The number of hydrogen-bond acceptors (Lipinski definition) is 6. The zero-order chi connectivity index (χ0) is 24.9. The van der Waals surface area contributed by atoms with Crippen molar-refractivity contribution in [2.24, 2.45) is 16.8 Å². The van der Waals surface area contributed by atoms with Crippen molar-refractivity contribution in [2.75, 3.05) is 19.4 Å². The lowest BCUT2D eigenvalue weighted by Gasteiger charge is -2.32. The summed E-state index contributed by atoms with van der Waals surface area (Å²) in [6.07, 6.45) is 9.11. The number of anilines is 2. The molecule has 1 aromatic heterocycles. The fourth-order valence-electron chi connectivity index (χ4n) is 5.05. The van der Waals surface area contributed by atoms with Gasteiger partial charge in [0.25, 0.3) is 0 Å². The highest BCUT2D eigenvalue weighted by atomic mass is 16.1. The highest BCUT2D eigenvalue weighted by Crippen LogP contribution is 2.41. The van der Waals surface area contributed by atoms with Crippen LogP contribution in [0.2, 0.25) is 0 Å². The molecule has 1 unspecified atom stereocenters. The summed E-state index contributed by atoms with van der Waals surface area (Å²) in [5.74, 6) is 2.73. The number of carbonyl (C=O) groups excluding carboxylic acids is 1. The van der Waals surface area contributed by atoms with Gasteiger partial charge < -0.3 is 15.5 Å². The molecule has 1 saturated carbocycles. The molecule has 1 aliphatic carbocycles. The topological polar surface area (TPSA) is 82.5 Å². The second-order valence-electron chi connectivity index (χ2n) is 10.4. The molecule has 1 amide bonds. The van der Waals surface area contributed by atoms with Gasteiger partial charge in [-0.05, 0) is 75.4 Å². The van der Waals surface area contributed by atoms with Crippen LogP contribution in [0.15, 0.2) is 41.9 Å². The second-order valence-corrected chi connectivity index (χ2v) is 10.4. The summed E-state index contributed by atoms with van der Waals surface area (Å²) >= 11 is 0. The Bertz CT molecular complexity index is 1080. The molecule has 186 valence electrons. The minimum atomic E-state index is -0.185. The lowest BCUT2D eigenvalue weighted by molar-refractivity contribution is -0.116. The van der Waals surface area contributed by atoms with Crippen LogP contribution < -0.4 is 10.6 Å². The summed E-state index contributed by atoms with van der Waals surface area (Å²) in [5, 5.41) is 6.33. The maximum absolute atomic E-state index is 11.5. The number of nitrogens with zero attached hydrogens (tertiary/aromatic N) is 4. The van der Waals surface area contributed by atoms with Crippen LogP contribution in [0.4, 0.5) is 17.2 Å². The first-order valence-electron chi connectivity index (χ1n) is 12.7. The number of aromatic nitrogens is 2. The van der Waals surface area contributed by atoms with Gasteiger partial charge in [-0.1, -0.05) is 32.6 Å². The molecule has 1 aromatic carbocycles. The van der Waals surface area contributed by atoms with Gasteiger partial charge in [-0.3, -0.25) is 9.79 Å². The van der Waals surface area contributed by atoms with Gasteiger partial charge in [-0.15, -0.1) is 0 Å². The first-order valence-corrected chi connectivity index (χ1v) is 12.7. The highest BCUT2D eigenvalue weighted by Gasteiger charge is 2.29. The van der Waals surface area contributed by atoms with Gasteiger partial charge in [-0.25, -0.2) is 9.97 Å². The molecule has 1 aliphatic heterocycles. The summed E-state index contributed by atoms with van der Waals surface area (Å²) < 4.78 is 0. The Morgan fingerprint density at radius 2 is 1.97 bits per heavy atom. The molecule has 4 rings (SSSR count). The number of carbonyl (C=O) groups is 1. The summed E-state index contributed by atoms with van der Waals surface area (Å²) in [7, 11) is 4.36. The van der Waals surface area contributed by atoms with Crippen LogP contribution in [0.25, 0.3) is 0 Å². The second kappa shape index (κ2) is 11.1. The number of fused-ring (bicyclic) bond motifs is 1. The fourth-order valence-corrected chi connectivity index (χ4v) is 5.05. The first kappa shape index (κ1) is 25.0. The van der Waals surface area contributed by atoms with E-state index in [4.69, 9.17) is 15.0 Å². The summed E-state index contributed by atoms with van der Waals surface area (Å²) in [4.78, 5) is 28.6. The van der Waals surface area contributed by atoms with Crippen molar-refractivity contribution >= 4 is 29.3 Å². The van der Waals surface area contributed by atoms with E-state index in [2.05, 4.69) is 50.1 Å². The molecule has 2 aliphatic rings. The number of amides is 1. The number of nitrogens with one attached hydrogen (secondary N) is 2. The van der Waals surface area contributed by atoms with Crippen LogP contribution in [0, 0.1) is 11.8 Å². The van der Waals surface area contributed by atoms with Crippen molar-refractivity contribution in [3.05, 3.63) is 54.0 Å². The van der Waals surface area contributed by atoms with Crippen LogP contribution in [0.3, 0.4) is 0 Å². The van der Waals surface area contributed by atoms with Crippen LogP contribution in [-0.2, 0) is 17.8 Å². The zero-order valence-corrected chi connectivity index (χ0v) is 21.4. The van der Waals surface area contributed by atoms with E-state index in [-0.39, 0.29) is 11.8 Å². The molecule has 0 saturated heterocycles. The monoisotopic (exact) mass is 474 g/mol. The molecule has 2 heterocycles. The molecule has 1 atom stereocenters. The molecule has 0 radical (unpaired) electrons. The Balaban J connectivity index is 1.56. The van der Waals surface area contributed by atoms with Gasteiger partial charge in [0.1, 0.15) is 11.5 Å². The van der Waals surface area contributed by atoms with Gasteiger partial charge in [-0.2, -0.15) is 0 Å². The molecule has 2 aromatic rings. The SMILES string of the molecule is C=CC(=O)NCc1cccc(Nc2nc(CC3CCC(N(C)C)CC3)nc3c2N=CC3C(C)C)c1. The van der Waals surface area contributed by atoms with Crippen LogP contribution in [0.5, 0.6) is 0 Å². The van der Waals surface area contributed by atoms with Gasteiger partial charge in [0, 0.05) is 36.8 Å². The van der Waals surface area contributed by atoms with Crippen molar-refractivity contribution in [3.8, 4) is 0 Å². The third kappa shape index (κ3) is 6.14. The van der Waals surface area contributed by atoms with Crippen molar-refractivity contribution in [2.45, 2.75) is 64.5 Å². The van der Waals surface area contributed by atoms with Gasteiger partial charge in [0.2, 0.25) is 5.91 Å². The minimum absolute atomic E-state index is 0.185. The average molecular weight is 475 g/mol. The molecule has 7 heteroatoms. The number of benzene rings is 1. The predicted molar refractivity (Wildman–Crippen MR) is 143 cm³/mol. The largest absolute Gasteiger partial charge is 0.348 e. The summed E-state index contributed by atoms with van der Waals surface area (Å²) in [6, 6.07) is 8.68. The number of aliphatic imine (C=N–C) groups is 1. The molecule has 0 bridgehead atoms. The Morgan fingerprint density at radius 3 is 2.66 bits per heavy atom. The molecular weight excluding hydrogens is 436 g/mol. The highest BCUT2D eigenvalue weighted by molar-refractivity contribution is 5.87. The quantitative estimate of drug-likeness (QED) is 0.492. The van der Waals surface area contributed by atoms with Crippen molar-refractivity contribution in [3.63, 3.8) is 0 Å². The third-order valence-corrected chi connectivity index (χ3v) is 7.22. The maximum Gasteiger partial charge on any atom is 0.243 e. The lowest BCUT2D eigenvalue weighted by Crippen LogP contribution is -2.32. The van der Waals surface area contributed by atoms with Crippen molar-refractivity contribution in [1.82, 2.24) is 20.2 Å². The molecule has 7 nitrogen and oxygen atoms in total. The van der Waals surface area contributed by atoms with Crippen LogP contribution in [0.1, 0.15) is 62.5 Å². The molecular formula is C28H38N6O. The molecule has 35 heavy (non-hydrogen) atoms. The summed E-state index contributed by atoms with van der Waals surface area (Å²) in [5.41, 5.74) is 3.78. The normalized spacial score (nSPS) is 21.3. The van der Waals surface area contributed by atoms with E-state index in [9.17, 15) is 4.79 Å². The van der Waals surface area contributed by atoms with Crippen molar-refractivity contribution in [1.29, 1.82) is 0 Å². The Kier molecular flexibility index (Phi) is 7.96. The van der Waals surface area contributed by atoms with Gasteiger partial charge >= 0.3 is 0 Å². The van der Waals surface area contributed by atoms with Crippen molar-refractivity contribution < 1.29 is 4.79 Å². The van der Waals surface area contributed by atoms with E-state index in [1.165, 1.54) is 31.8 Å². The number of hydrogen-bond donors (Lipinski definition) is 2. The Morgan fingerprint density at radius 1 is 1.20 bits per heavy atom. The van der Waals surface area contributed by atoms with Gasteiger partial charge in [0.05, 0.1) is 5.69 Å². The smallest absolute Gasteiger partial charge is 0.243 e. The van der Waals surface area contributed by atoms with Gasteiger partial charge in [0.15, 0.2) is 5.82 Å². The van der Waals surface area contributed by atoms with E-state index in [0.29, 0.717) is 24.4 Å². The Labute approximate surface area is 209 Å². The van der Waals surface area contributed by atoms with E-state index < -0.39 is 0 Å². The Hall–Kier alpha value is -3.06. The molecule has 2 N–H and O–H groups in total. The maximum atomic E-state index is 11.5. The fraction of sp³-hybridized carbons (Fsp3) is 0.500. The molecule has 1 fully saturated rings. The standard InChI is InChI=1S/C28H38N6O/c1-6-25(35)29-16-20-8-7-9-21(14-20)31-28-27-26(23(17-30-27)18(2)3)32-24(33-28)15-19-10-12-22(13-11-19)34(4)5/h6-9,14,17-19,22-23H,1,10-13,15-16H2,2-5H3,(H,29,35)(H,31,32,33).